The van der Waals surface area contributed by atoms with E-state index in [9.17, 15) is 24.6 Å². The first-order chi connectivity index (χ1) is 23.1. The van der Waals surface area contributed by atoms with Crippen molar-refractivity contribution in [1.29, 1.82) is 0 Å². The van der Waals surface area contributed by atoms with E-state index in [4.69, 9.17) is 29.2 Å². The van der Waals surface area contributed by atoms with Gasteiger partial charge in [0.25, 0.3) is 16.7 Å². The normalized spacial score (nSPS) is 18.9. The zero-order valence-corrected chi connectivity index (χ0v) is 28.0. The predicted molar refractivity (Wildman–Crippen MR) is 183 cm³/mol. The number of hydrogen-bond donors (Lipinski definition) is 4. The minimum Gasteiger partial charge on any atom is -0.860 e. The van der Waals surface area contributed by atoms with E-state index in [1.807, 2.05) is 22.8 Å². The number of aromatic nitrogens is 5. The van der Waals surface area contributed by atoms with Gasteiger partial charge in [-0.3, -0.25) is 28.9 Å². The maximum atomic E-state index is 14.0. The van der Waals surface area contributed by atoms with E-state index in [1.165, 1.54) is 26.2 Å². The van der Waals surface area contributed by atoms with Gasteiger partial charge in [0, 0.05) is 54.4 Å². The lowest BCUT2D eigenvalue weighted by atomic mass is 9.82. The number of nitrogens with zero attached hydrogens (tertiary/aromatic N) is 3. The zero-order valence-electron chi connectivity index (χ0n) is 26.4. The van der Waals surface area contributed by atoms with Crippen LogP contribution in [0.4, 0.5) is 0 Å². The lowest BCUT2D eigenvalue weighted by Crippen LogP contribution is -3.13. The summed E-state index contributed by atoms with van der Waals surface area (Å²) in [6.45, 7) is 10.3. The number of nitrogens with one attached hydrogen (secondary N) is 3. The lowest BCUT2D eigenvalue weighted by molar-refractivity contribution is -0.924. The van der Waals surface area contributed by atoms with Crippen molar-refractivity contribution in [2.45, 2.75) is 44.4 Å². The quantitative estimate of drug-likeness (QED) is 0.145. The van der Waals surface area contributed by atoms with Crippen molar-refractivity contribution in [3.05, 3.63) is 130 Å². The van der Waals surface area contributed by atoms with Crippen LogP contribution in [0.2, 0.25) is 0 Å². The molecule has 6 rings (SSSR count). The second-order valence-corrected chi connectivity index (χ2v) is 13.1. The van der Waals surface area contributed by atoms with E-state index in [0.717, 1.165) is 30.8 Å². The molecule has 0 spiro atoms. The summed E-state index contributed by atoms with van der Waals surface area (Å²) in [6, 6.07) is 10.7. The van der Waals surface area contributed by atoms with Crippen molar-refractivity contribution >= 4 is 24.4 Å². The van der Waals surface area contributed by atoms with Gasteiger partial charge in [0.2, 0.25) is 5.88 Å². The van der Waals surface area contributed by atoms with Crippen molar-refractivity contribution < 1.29 is 19.8 Å². The Morgan fingerprint density at radius 3 is 2.44 bits per heavy atom. The summed E-state index contributed by atoms with van der Waals surface area (Å²) in [5, 5.41) is 25.5. The molecule has 5 heterocycles. The molecule has 3 aromatic heterocycles. The number of benzene rings is 1. The standard InChI is InChI=1S/C34H36N6O6S2/c1-4-11-38-31(44)27(29(42)35-33(38)47)26(28-30(43)36-34(48)39(12-5-2)32(28)45)20-9-10-24(46-3)22(14-20)18-37-15-19-13-21(17-37)23-7-6-8-25(41)40(23)16-19/h4-10,14,19,21,26,44-45H,1-2,11-13,15-18H2,3H3,(H,35,42,47)(H,36,43,48). The molecule has 4 unspecified atom stereocenters. The Morgan fingerprint density at radius 1 is 1.04 bits per heavy atom. The van der Waals surface area contributed by atoms with E-state index in [2.05, 4.69) is 23.1 Å². The highest BCUT2D eigenvalue weighted by molar-refractivity contribution is 7.71. The van der Waals surface area contributed by atoms with Crippen LogP contribution in [0.1, 0.15) is 46.2 Å². The van der Waals surface area contributed by atoms with Crippen LogP contribution in [0.3, 0.4) is 0 Å². The Bertz CT molecular complexity index is 2140. The van der Waals surface area contributed by atoms with Crippen molar-refractivity contribution in [3.63, 3.8) is 0 Å². The van der Waals surface area contributed by atoms with Crippen LogP contribution in [0.25, 0.3) is 0 Å². The molecule has 2 bridgehead atoms. The van der Waals surface area contributed by atoms with Gasteiger partial charge in [0.15, 0.2) is 9.54 Å². The lowest BCUT2D eigenvalue weighted by Gasteiger charge is -2.40. The molecule has 4 N–H and O–H groups in total. The van der Waals surface area contributed by atoms with E-state index in [-0.39, 0.29) is 45.2 Å². The van der Waals surface area contributed by atoms with E-state index in [1.54, 1.807) is 25.3 Å². The van der Waals surface area contributed by atoms with Crippen LogP contribution in [-0.2, 0) is 26.2 Å². The Balaban J connectivity index is 1.51. The van der Waals surface area contributed by atoms with Crippen LogP contribution >= 0.6 is 24.4 Å². The molecule has 12 nitrogen and oxygen atoms in total. The summed E-state index contributed by atoms with van der Waals surface area (Å²) in [5.74, 6) is -1.40. The second kappa shape index (κ2) is 13.4. The van der Waals surface area contributed by atoms with Gasteiger partial charge in [0.1, 0.15) is 12.3 Å². The number of piperidine rings is 1. The van der Waals surface area contributed by atoms with Gasteiger partial charge in [-0.1, -0.05) is 24.3 Å². The SMILES string of the molecule is C=CCn1c([O-])c(C(c2ccc(OC)c(C[NH+]3CC4CC(C3)c3cccc(=O)n3C4)c2)c2c(O)n(CC=C)c(=S)[nH]c2=O)c(=O)[nH]c1=S. The Kier molecular flexibility index (Phi) is 9.23. The van der Waals surface area contributed by atoms with Crippen LogP contribution in [0.15, 0.2) is 76.1 Å². The van der Waals surface area contributed by atoms with Gasteiger partial charge in [-0.2, -0.15) is 0 Å². The Morgan fingerprint density at radius 2 is 1.73 bits per heavy atom. The molecule has 250 valence electrons. The molecule has 0 aliphatic carbocycles. The zero-order chi connectivity index (χ0) is 34.3. The molecule has 0 saturated carbocycles. The molecule has 48 heavy (non-hydrogen) atoms. The third-order valence-electron chi connectivity index (χ3n) is 9.34. The molecule has 0 amide bonds. The van der Waals surface area contributed by atoms with E-state index >= 15 is 0 Å². The number of quaternary nitrogens is 1. The van der Waals surface area contributed by atoms with E-state index < -0.39 is 28.8 Å². The molecule has 1 fully saturated rings. The fraction of sp³-hybridized carbons (Fsp3) is 0.324. The third-order valence-corrected chi connectivity index (χ3v) is 9.99. The highest BCUT2D eigenvalue weighted by atomic mass is 32.1. The second-order valence-electron chi connectivity index (χ2n) is 12.3. The summed E-state index contributed by atoms with van der Waals surface area (Å²) in [7, 11) is 1.57. The summed E-state index contributed by atoms with van der Waals surface area (Å²) in [6.07, 6.45) is 3.98. The molecule has 2 aliphatic heterocycles. The average molecular weight is 689 g/mol. The fourth-order valence-electron chi connectivity index (χ4n) is 7.38. The first-order valence-electron chi connectivity index (χ1n) is 15.6. The number of aromatic amines is 2. The molecule has 4 aromatic rings. The first kappa shape index (κ1) is 33.1. The number of H-pyrrole nitrogens is 2. The molecule has 2 aliphatic rings. The third kappa shape index (κ3) is 5.91. The van der Waals surface area contributed by atoms with E-state index in [0.29, 0.717) is 30.3 Å². The number of fused-ring (bicyclic) bond motifs is 4. The number of allylic oxidation sites excluding steroid dienone is 2. The number of pyridine rings is 1. The summed E-state index contributed by atoms with van der Waals surface area (Å²) >= 11 is 10.6. The van der Waals surface area contributed by atoms with Gasteiger partial charge >= 0.3 is 0 Å². The minimum atomic E-state index is -1.32. The largest absolute Gasteiger partial charge is 0.860 e. The van der Waals surface area contributed by atoms with Crippen LogP contribution in [-0.4, -0.2) is 49.0 Å². The van der Waals surface area contributed by atoms with Gasteiger partial charge in [0.05, 0.1) is 31.7 Å². The van der Waals surface area contributed by atoms with Crippen LogP contribution in [0.5, 0.6) is 17.5 Å². The molecule has 4 atom stereocenters. The van der Waals surface area contributed by atoms with Crippen LogP contribution in [0, 0.1) is 15.5 Å². The topological polar surface area (TPSA) is 155 Å². The Labute approximate surface area is 285 Å². The number of rotatable bonds is 10. The van der Waals surface area contributed by atoms with Crippen molar-refractivity contribution in [2.24, 2.45) is 5.92 Å². The highest BCUT2D eigenvalue weighted by Crippen LogP contribution is 2.38. The number of methoxy groups -OCH3 is 1. The molecule has 1 aromatic carbocycles. The number of aromatic hydroxyl groups is 1. The van der Waals surface area contributed by atoms with Crippen molar-refractivity contribution in [1.82, 2.24) is 23.7 Å². The highest BCUT2D eigenvalue weighted by Gasteiger charge is 2.38. The van der Waals surface area contributed by atoms with Crippen molar-refractivity contribution in [3.8, 4) is 17.5 Å². The molecule has 1 saturated heterocycles. The van der Waals surface area contributed by atoms with Crippen molar-refractivity contribution in [2.75, 3.05) is 20.2 Å². The number of hydrogen-bond acceptors (Lipinski definition) is 8. The van der Waals surface area contributed by atoms with Gasteiger partial charge < -0.3 is 29.0 Å². The smallest absolute Gasteiger partial charge is 0.259 e. The number of ether oxygens (including phenoxy) is 1. The minimum absolute atomic E-state index is 0.0157. The maximum absolute atomic E-state index is 14.0. The fourth-order valence-corrected chi connectivity index (χ4v) is 7.88. The van der Waals surface area contributed by atoms with Crippen LogP contribution < -0.4 is 31.4 Å². The molecule has 0 radical (unpaired) electrons. The summed E-state index contributed by atoms with van der Waals surface area (Å²) < 4.78 is 9.97. The Hall–Kier alpha value is -4.79. The molecular formula is C34H36N6O6S2. The van der Waals surface area contributed by atoms with Gasteiger partial charge in [-0.05, 0) is 60.5 Å². The summed E-state index contributed by atoms with van der Waals surface area (Å²) in [4.78, 5) is 46.2. The maximum Gasteiger partial charge on any atom is 0.259 e. The molecular weight excluding hydrogens is 653 g/mol. The monoisotopic (exact) mass is 688 g/mol. The van der Waals surface area contributed by atoms with Gasteiger partial charge in [-0.25, -0.2) is 0 Å². The van der Waals surface area contributed by atoms with Gasteiger partial charge in [-0.15, -0.1) is 13.2 Å². The molecule has 14 heteroatoms. The predicted octanol–water partition coefficient (Wildman–Crippen LogP) is 1.83. The average Bonchev–Trinajstić information content (AvgIpc) is 3.04. The first-order valence-corrected chi connectivity index (χ1v) is 16.4. The number of likely N-dealkylation sites (tertiary alicyclic amines) is 1. The summed E-state index contributed by atoms with van der Waals surface area (Å²) in [5.41, 5.74) is 0.205.